The van der Waals surface area contributed by atoms with Crippen molar-refractivity contribution in [1.29, 1.82) is 0 Å². The van der Waals surface area contributed by atoms with Crippen molar-refractivity contribution in [2.45, 2.75) is 168 Å². The zero-order valence-electron chi connectivity index (χ0n) is 29.4. The Labute approximate surface area is 281 Å². The molecule has 0 aromatic rings. The Kier molecular flexibility index (Phi) is 32.8. The highest BCUT2D eigenvalue weighted by Gasteiger charge is 2.14. The molecule has 0 aliphatic rings. The van der Waals surface area contributed by atoms with E-state index in [4.69, 9.17) is 9.84 Å². The molecule has 0 aliphatic heterocycles. The molecular weight excluding hydrogens is 574 g/mol. The monoisotopic (exact) mass is 642 g/mol. The average Bonchev–Trinajstić information content (AvgIpc) is 3.04. The van der Waals surface area contributed by atoms with E-state index in [1.807, 2.05) is 0 Å². The summed E-state index contributed by atoms with van der Waals surface area (Å²) in [4.78, 5) is 34.7. The van der Waals surface area contributed by atoms with Gasteiger partial charge in [0.05, 0.1) is 0 Å². The van der Waals surface area contributed by atoms with E-state index in [2.05, 4.69) is 79.9 Å². The number of carboxylic acid groups (broad SMARTS) is 1. The molecule has 0 aromatic carbocycles. The number of rotatable bonds is 32. The zero-order valence-corrected chi connectivity index (χ0v) is 29.4. The van der Waals surface area contributed by atoms with E-state index >= 15 is 0 Å². The van der Waals surface area contributed by atoms with E-state index in [0.29, 0.717) is 12.8 Å². The molecule has 0 radical (unpaired) electrons. The molecule has 46 heavy (non-hydrogen) atoms. The third-order valence-corrected chi connectivity index (χ3v) is 7.70. The van der Waals surface area contributed by atoms with Crippen LogP contribution in [0.25, 0.3) is 0 Å². The summed E-state index contributed by atoms with van der Waals surface area (Å²) in [6.45, 7) is 4.03. The number of esters is 1. The SMILES string of the molecule is CC/C=C\C/C=C\C/C=C\C/C=C\C/C=C\CCCCCCCC(=O)OC(CCCCCC)CCCCCCC(=O)NCC(=O)O. The zero-order chi connectivity index (χ0) is 33.8. The highest BCUT2D eigenvalue weighted by molar-refractivity contribution is 5.80. The lowest BCUT2D eigenvalue weighted by Gasteiger charge is -2.18. The van der Waals surface area contributed by atoms with Crippen LogP contribution in [0.5, 0.6) is 0 Å². The first-order valence-corrected chi connectivity index (χ1v) is 18.4. The van der Waals surface area contributed by atoms with Gasteiger partial charge in [0.2, 0.25) is 5.91 Å². The Bertz CT molecular complexity index is 886. The molecule has 0 aliphatic carbocycles. The first kappa shape index (κ1) is 43.1. The molecule has 1 unspecified atom stereocenters. The summed E-state index contributed by atoms with van der Waals surface area (Å²) < 4.78 is 5.89. The Morgan fingerprint density at radius 1 is 0.587 bits per heavy atom. The van der Waals surface area contributed by atoms with Crippen molar-refractivity contribution in [3.05, 3.63) is 60.8 Å². The fraction of sp³-hybridized carbons (Fsp3) is 0.675. The number of carbonyl (C=O) groups excluding carboxylic acids is 2. The molecule has 0 rings (SSSR count). The van der Waals surface area contributed by atoms with E-state index < -0.39 is 5.97 Å². The molecule has 1 amide bonds. The summed E-state index contributed by atoms with van der Waals surface area (Å²) in [5.41, 5.74) is 0. The highest BCUT2D eigenvalue weighted by Crippen LogP contribution is 2.17. The van der Waals surface area contributed by atoms with E-state index in [1.165, 1.54) is 32.1 Å². The molecule has 1 atom stereocenters. The van der Waals surface area contributed by atoms with Gasteiger partial charge in [-0.3, -0.25) is 14.4 Å². The quantitative estimate of drug-likeness (QED) is 0.0433. The summed E-state index contributed by atoms with van der Waals surface area (Å²) in [7, 11) is 0. The van der Waals surface area contributed by atoms with Gasteiger partial charge in [0.1, 0.15) is 12.6 Å². The van der Waals surface area contributed by atoms with Crippen LogP contribution in [0.3, 0.4) is 0 Å². The summed E-state index contributed by atoms with van der Waals surface area (Å²) in [6.07, 6.45) is 45.0. The molecule has 2 N–H and O–H groups in total. The molecule has 0 saturated carbocycles. The smallest absolute Gasteiger partial charge is 0.322 e. The van der Waals surface area contributed by atoms with Gasteiger partial charge in [-0.1, -0.05) is 126 Å². The van der Waals surface area contributed by atoms with Gasteiger partial charge in [0.25, 0.3) is 0 Å². The Morgan fingerprint density at radius 2 is 1.07 bits per heavy atom. The molecule has 0 saturated heterocycles. The van der Waals surface area contributed by atoms with Crippen LogP contribution in [-0.4, -0.2) is 35.6 Å². The fourth-order valence-corrected chi connectivity index (χ4v) is 5.01. The predicted molar refractivity (Wildman–Crippen MR) is 194 cm³/mol. The minimum Gasteiger partial charge on any atom is -0.480 e. The highest BCUT2D eigenvalue weighted by atomic mass is 16.5. The molecule has 0 spiro atoms. The predicted octanol–water partition coefficient (Wildman–Crippen LogP) is 10.9. The number of unbranched alkanes of at least 4 members (excludes halogenated alkanes) is 11. The first-order chi connectivity index (χ1) is 22.5. The standard InChI is InChI=1S/C40H67NO5/c1-3-5-7-9-10-11-12-13-14-15-16-17-18-19-20-21-22-23-24-25-31-35-40(45)46-37(32-28-8-6-4-2)33-29-26-27-30-34-38(42)41-36-39(43)44/h5,7,10-11,13-14,16-17,19-20,37H,3-4,6,8-9,12,15,18,21-36H2,1-2H3,(H,41,42)(H,43,44)/b7-5-,11-10-,14-13-,17-16-,20-19-. The topological polar surface area (TPSA) is 92.7 Å². The molecular formula is C40H67NO5. The lowest BCUT2D eigenvalue weighted by Crippen LogP contribution is -2.28. The van der Waals surface area contributed by atoms with Gasteiger partial charge in [-0.05, 0) is 83.5 Å². The molecule has 6 heteroatoms. The molecule has 0 fully saturated rings. The lowest BCUT2D eigenvalue weighted by molar-refractivity contribution is -0.150. The second kappa shape index (κ2) is 35.0. The van der Waals surface area contributed by atoms with Crippen molar-refractivity contribution in [3.8, 4) is 0 Å². The second-order valence-corrected chi connectivity index (χ2v) is 12.1. The van der Waals surface area contributed by atoms with Crippen LogP contribution in [0.1, 0.15) is 162 Å². The van der Waals surface area contributed by atoms with Gasteiger partial charge in [0, 0.05) is 12.8 Å². The van der Waals surface area contributed by atoms with Gasteiger partial charge in [-0.15, -0.1) is 0 Å². The van der Waals surface area contributed by atoms with Crippen molar-refractivity contribution >= 4 is 17.8 Å². The molecule has 0 bridgehead atoms. The van der Waals surface area contributed by atoms with Gasteiger partial charge in [0.15, 0.2) is 0 Å². The number of amides is 1. The van der Waals surface area contributed by atoms with Gasteiger partial charge >= 0.3 is 11.9 Å². The molecule has 0 heterocycles. The Hall–Kier alpha value is -2.89. The number of ether oxygens (including phenoxy) is 1. The lowest BCUT2D eigenvalue weighted by atomic mass is 10.0. The summed E-state index contributed by atoms with van der Waals surface area (Å²) in [6, 6.07) is 0. The normalized spacial score (nSPS) is 12.7. The maximum Gasteiger partial charge on any atom is 0.322 e. The number of hydrogen-bond acceptors (Lipinski definition) is 4. The van der Waals surface area contributed by atoms with Crippen molar-refractivity contribution in [2.24, 2.45) is 0 Å². The third kappa shape index (κ3) is 34.0. The number of carboxylic acids is 1. The Balaban J connectivity index is 3.92. The van der Waals surface area contributed by atoms with Gasteiger partial charge in [-0.2, -0.15) is 0 Å². The molecule has 262 valence electrons. The maximum atomic E-state index is 12.5. The number of allylic oxidation sites excluding steroid dienone is 10. The number of nitrogens with one attached hydrogen (secondary N) is 1. The number of aliphatic carboxylic acids is 1. The van der Waals surface area contributed by atoms with Crippen molar-refractivity contribution in [2.75, 3.05) is 6.54 Å². The van der Waals surface area contributed by atoms with E-state index in [0.717, 1.165) is 103 Å². The molecule has 6 nitrogen and oxygen atoms in total. The maximum absolute atomic E-state index is 12.5. The van der Waals surface area contributed by atoms with Crippen LogP contribution >= 0.6 is 0 Å². The second-order valence-electron chi connectivity index (χ2n) is 12.1. The minimum absolute atomic E-state index is 0.00769. The summed E-state index contributed by atoms with van der Waals surface area (Å²) in [5.74, 6) is -1.30. The summed E-state index contributed by atoms with van der Waals surface area (Å²) >= 11 is 0. The van der Waals surface area contributed by atoms with Crippen LogP contribution in [0.4, 0.5) is 0 Å². The fourth-order valence-electron chi connectivity index (χ4n) is 5.01. The first-order valence-electron chi connectivity index (χ1n) is 18.4. The van der Waals surface area contributed by atoms with Crippen LogP contribution < -0.4 is 5.32 Å². The van der Waals surface area contributed by atoms with Crippen molar-refractivity contribution < 1.29 is 24.2 Å². The third-order valence-electron chi connectivity index (χ3n) is 7.70. The summed E-state index contributed by atoms with van der Waals surface area (Å²) in [5, 5.41) is 11.0. The largest absolute Gasteiger partial charge is 0.480 e. The van der Waals surface area contributed by atoms with E-state index in [1.54, 1.807) is 0 Å². The van der Waals surface area contributed by atoms with Crippen LogP contribution in [0.2, 0.25) is 0 Å². The van der Waals surface area contributed by atoms with E-state index in [9.17, 15) is 14.4 Å². The average molecular weight is 642 g/mol. The van der Waals surface area contributed by atoms with E-state index in [-0.39, 0.29) is 24.5 Å². The van der Waals surface area contributed by atoms with Crippen LogP contribution in [0, 0.1) is 0 Å². The van der Waals surface area contributed by atoms with Crippen LogP contribution in [0.15, 0.2) is 60.8 Å². The number of hydrogen-bond donors (Lipinski definition) is 2. The molecule has 0 aromatic heterocycles. The van der Waals surface area contributed by atoms with Crippen LogP contribution in [-0.2, 0) is 19.1 Å². The van der Waals surface area contributed by atoms with Crippen molar-refractivity contribution in [3.63, 3.8) is 0 Å². The van der Waals surface area contributed by atoms with Gasteiger partial charge < -0.3 is 15.2 Å². The number of carbonyl (C=O) groups is 3. The minimum atomic E-state index is -1.03. The van der Waals surface area contributed by atoms with Crippen molar-refractivity contribution in [1.82, 2.24) is 5.32 Å². The Morgan fingerprint density at radius 3 is 1.63 bits per heavy atom. The van der Waals surface area contributed by atoms with Gasteiger partial charge in [-0.25, -0.2) is 0 Å².